The summed E-state index contributed by atoms with van der Waals surface area (Å²) in [6.07, 6.45) is 6.87. The number of ether oxygens (including phenoxy) is 1. The highest BCUT2D eigenvalue weighted by molar-refractivity contribution is 5.85. The lowest BCUT2D eigenvalue weighted by molar-refractivity contribution is -0.140. The first-order valence-electron chi connectivity index (χ1n) is 7.94. The van der Waals surface area contributed by atoms with Gasteiger partial charge in [0.1, 0.15) is 0 Å². The van der Waals surface area contributed by atoms with Crippen LogP contribution in [0.5, 0.6) is 0 Å². The molecule has 0 aromatic heterocycles. The van der Waals surface area contributed by atoms with Crippen LogP contribution in [0.4, 0.5) is 0 Å². The van der Waals surface area contributed by atoms with Gasteiger partial charge in [0.2, 0.25) is 5.91 Å². The third-order valence-corrected chi connectivity index (χ3v) is 5.09. The third kappa shape index (κ3) is 3.66. The van der Waals surface area contributed by atoms with Crippen molar-refractivity contribution in [3.8, 4) is 0 Å². The largest absolute Gasteiger partial charge is 0.381 e. The molecule has 1 N–H and O–H groups in total. The zero-order valence-electron chi connectivity index (χ0n) is 12.2. The van der Waals surface area contributed by atoms with Gasteiger partial charge >= 0.3 is 0 Å². The molecule has 0 aromatic carbocycles. The Labute approximate surface area is 128 Å². The second-order valence-corrected chi connectivity index (χ2v) is 6.25. The maximum absolute atomic E-state index is 12.4. The maximum atomic E-state index is 12.4. The van der Waals surface area contributed by atoms with Gasteiger partial charge in [0.25, 0.3) is 0 Å². The summed E-state index contributed by atoms with van der Waals surface area (Å²) in [5.74, 6) is 1.41. The Balaban J connectivity index is 0.00000147. The average molecular weight is 303 g/mol. The molecule has 5 heteroatoms. The Morgan fingerprint density at radius 2 is 1.75 bits per heavy atom. The molecule has 20 heavy (non-hydrogen) atoms. The molecule has 0 spiro atoms. The van der Waals surface area contributed by atoms with Crippen molar-refractivity contribution in [3.05, 3.63) is 0 Å². The number of piperidine rings is 1. The first-order chi connectivity index (χ1) is 9.34. The fraction of sp³-hybridized carbons (Fsp3) is 0.933. The topological polar surface area (TPSA) is 41.6 Å². The predicted molar refractivity (Wildman–Crippen MR) is 81.1 cm³/mol. The van der Waals surface area contributed by atoms with Crippen LogP contribution in [-0.2, 0) is 9.53 Å². The van der Waals surface area contributed by atoms with E-state index >= 15 is 0 Å². The molecule has 0 aliphatic carbocycles. The lowest BCUT2D eigenvalue weighted by Crippen LogP contribution is -2.46. The average Bonchev–Trinajstić information content (AvgIpc) is 3.02. The maximum Gasteiger partial charge on any atom is 0.225 e. The zero-order valence-corrected chi connectivity index (χ0v) is 13.0. The zero-order chi connectivity index (χ0) is 13.1. The van der Waals surface area contributed by atoms with E-state index in [0.29, 0.717) is 5.91 Å². The molecule has 1 atom stereocenters. The van der Waals surface area contributed by atoms with Crippen molar-refractivity contribution in [3.63, 3.8) is 0 Å². The van der Waals surface area contributed by atoms with E-state index in [1.807, 2.05) is 0 Å². The van der Waals surface area contributed by atoms with Crippen LogP contribution in [-0.4, -0.2) is 49.7 Å². The van der Waals surface area contributed by atoms with Crippen molar-refractivity contribution >= 4 is 18.3 Å². The minimum Gasteiger partial charge on any atom is -0.381 e. The van der Waals surface area contributed by atoms with Gasteiger partial charge < -0.3 is 15.0 Å². The van der Waals surface area contributed by atoms with Gasteiger partial charge in [-0.25, -0.2) is 0 Å². The highest BCUT2D eigenvalue weighted by Crippen LogP contribution is 2.27. The Morgan fingerprint density at radius 1 is 1.05 bits per heavy atom. The minimum absolute atomic E-state index is 0. The Kier molecular flexibility index (Phi) is 6.12. The molecular formula is C15H27ClN2O2. The van der Waals surface area contributed by atoms with Crippen LogP contribution in [0.3, 0.4) is 0 Å². The van der Waals surface area contributed by atoms with Gasteiger partial charge in [-0.2, -0.15) is 0 Å². The summed E-state index contributed by atoms with van der Waals surface area (Å²) in [4.78, 5) is 14.5. The summed E-state index contributed by atoms with van der Waals surface area (Å²) in [6, 6.07) is 0.723. The normalized spacial score (nSPS) is 29.2. The number of carbonyl (C=O) groups excluding carboxylic acids is 1. The quantitative estimate of drug-likeness (QED) is 0.846. The van der Waals surface area contributed by atoms with E-state index in [9.17, 15) is 4.79 Å². The van der Waals surface area contributed by atoms with Gasteiger partial charge in [-0.3, -0.25) is 4.79 Å². The molecule has 3 aliphatic heterocycles. The van der Waals surface area contributed by atoms with E-state index < -0.39 is 0 Å². The lowest BCUT2D eigenvalue weighted by Gasteiger charge is -2.37. The standard InChI is InChI=1S/C15H26N2O2.ClH/c18-15(13-5-10-19-11-6-13)17-8-3-12(4-9-17)14-2-1-7-16-14;/h12-14,16H,1-11H2;1H. The molecule has 0 radical (unpaired) electrons. The predicted octanol–water partition coefficient (Wildman–Crippen LogP) is 1.83. The fourth-order valence-electron chi connectivity index (χ4n) is 3.84. The Hall–Kier alpha value is -0.320. The highest BCUT2D eigenvalue weighted by atomic mass is 35.5. The fourth-order valence-corrected chi connectivity index (χ4v) is 3.84. The molecule has 3 aliphatic rings. The molecule has 0 saturated carbocycles. The van der Waals surface area contributed by atoms with Crippen LogP contribution in [0.2, 0.25) is 0 Å². The summed E-state index contributed by atoms with van der Waals surface area (Å²) in [6.45, 7) is 4.65. The molecule has 1 amide bonds. The number of halogens is 1. The van der Waals surface area contributed by atoms with Crippen LogP contribution in [0, 0.1) is 11.8 Å². The van der Waals surface area contributed by atoms with Gasteiger partial charge in [0.15, 0.2) is 0 Å². The summed E-state index contributed by atoms with van der Waals surface area (Å²) in [5, 5.41) is 3.61. The number of hydrogen-bond acceptors (Lipinski definition) is 3. The van der Waals surface area contributed by atoms with E-state index in [-0.39, 0.29) is 18.3 Å². The van der Waals surface area contributed by atoms with Gasteiger partial charge in [-0.15, -0.1) is 12.4 Å². The van der Waals surface area contributed by atoms with Crippen LogP contribution in [0.15, 0.2) is 0 Å². The smallest absolute Gasteiger partial charge is 0.225 e. The van der Waals surface area contributed by atoms with E-state index in [1.54, 1.807) is 0 Å². The Morgan fingerprint density at radius 3 is 2.35 bits per heavy atom. The first-order valence-corrected chi connectivity index (χ1v) is 7.94. The highest BCUT2D eigenvalue weighted by Gasteiger charge is 2.32. The number of amides is 1. The second kappa shape index (κ2) is 7.62. The molecule has 4 nitrogen and oxygen atoms in total. The number of rotatable bonds is 2. The molecule has 0 aromatic rings. The molecule has 0 bridgehead atoms. The lowest BCUT2D eigenvalue weighted by atomic mass is 9.87. The summed E-state index contributed by atoms with van der Waals surface area (Å²) < 4.78 is 5.34. The molecule has 116 valence electrons. The monoisotopic (exact) mass is 302 g/mol. The van der Waals surface area contributed by atoms with Crippen LogP contribution in [0.25, 0.3) is 0 Å². The minimum atomic E-state index is 0. The molecule has 1 unspecified atom stereocenters. The molecule has 3 saturated heterocycles. The summed E-state index contributed by atoms with van der Waals surface area (Å²) in [5.41, 5.74) is 0. The SMILES string of the molecule is Cl.O=C(C1CCOCC1)N1CCC(C2CCCN2)CC1. The molecule has 3 heterocycles. The number of nitrogens with zero attached hydrogens (tertiary/aromatic N) is 1. The van der Waals surface area contributed by atoms with E-state index in [4.69, 9.17) is 4.74 Å². The number of hydrogen-bond donors (Lipinski definition) is 1. The Bertz CT molecular complexity index is 307. The molecule has 3 fully saturated rings. The third-order valence-electron chi connectivity index (χ3n) is 5.09. The van der Waals surface area contributed by atoms with Crippen LogP contribution in [0.1, 0.15) is 38.5 Å². The van der Waals surface area contributed by atoms with Crippen molar-refractivity contribution < 1.29 is 9.53 Å². The van der Waals surface area contributed by atoms with E-state index in [2.05, 4.69) is 10.2 Å². The van der Waals surface area contributed by atoms with Gasteiger partial charge in [0.05, 0.1) is 0 Å². The van der Waals surface area contributed by atoms with Crippen molar-refractivity contribution in [1.82, 2.24) is 10.2 Å². The van der Waals surface area contributed by atoms with Gasteiger partial charge in [-0.05, 0) is 51.0 Å². The number of likely N-dealkylation sites (tertiary alicyclic amines) is 1. The van der Waals surface area contributed by atoms with E-state index in [1.165, 1.54) is 32.2 Å². The van der Waals surface area contributed by atoms with Crippen LogP contribution < -0.4 is 5.32 Å². The van der Waals surface area contributed by atoms with Crippen molar-refractivity contribution in [1.29, 1.82) is 0 Å². The van der Waals surface area contributed by atoms with Gasteiger partial charge in [-0.1, -0.05) is 0 Å². The van der Waals surface area contributed by atoms with Gasteiger partial charge in [0, 0.05) is 38.3 Å². The van der Waals surface area contributed by atoms with Crippen LogP contribution >= 0.6 is 12.4 Å². The summed E-state index contributed by atoms with van der Waals surface area (Å²) in [7, 11) is 0. The molecular weight excluding hydrogens is 276 g/mol. The number of carbonyl (C=O) groups is 1. The number of nitrogens with one attached hydrogen (secondary N) is 1. The van der Waals surface area contributed by atoms with Crippen molar-refractivity contribution in [2.45, 2.75) is 44.6 Å². The van der Waals surface area contributed by atoms with Crippen molar-refractivity contribution in [2.24, 2.45) is 11.8 Å². The summed E-state index contributed by atoms with van der Waals surface area (Å²) >= 11 is 0. The van der Waals surface area contributed by atoms with Crippen molar-refractivity contribution in [2.75, 3.05) is 32.8 Å². The van der Waals surface area contributed by atoms with E-state index in [0.717, 1.165) is 51.1 Å². The second-order valence-electron chi connectivity index (χ2n) is 6.25. The molecule has 3 rings (SSSR count). The first kappa shape index (κ1) is 16.1.